The Morgan fingerprint density at radius 1 is 1.03 bits per heavy atom. The van der Waals surface area contributed by atoms with Crippen LogP contribution in [0.4, 0.5) is 10.5 Å². The summed E-state index contributed by atoms with van der Waals surface area (Å²) in [5.74, 6) is -1.20. The van der Waals surface area contributed by atoms with Crippen LogP contribution in [-0.4, -0.2) is 40.0 Å². The smallest absolute Gasteiger partial charge is 0.332 e. The Hall–Kier alpha value is -2.09. The van der Waals surface area contributed by atoms with Crippen LogP contribution >= 0.6 is 39.1 Å². The lowest BCUT2D eigenvalue weighted by atomic mass is 9.91. The Bertz CT molecular complexity index is 1010. The standard InChI is InChI=1S/C23H23BrCl2N2O4/c1-23(14-15-6-8-16(24)9-7-15)21(31)28(19-12-17(25)11-18(26)13-19)22(32)27(23)10-4-2-3-5-20(29)30/h6-9,11-13H,2-5,10,14H2,1H3,(H,29,30). The first kappa shape index (κ1) is 24.6. The van der Waals surface area contributed by atoms with E-state index in [-0.39, 0.29) is 12.3 Å². The molecule has 1 fully saturated rings. The molecule has 6 nitrogen and oxygen atoms in total. The summed E-state index contributed by atoms with van der Waals surface area (Å²) in [4.78, 5) is 40.5. The molecule has 1 saturated heterocycles. The van der Waals surface area contributed by atoms with Crippen molar-refractivity contribution in [2.45, 2.75) is 44.6 Å². The van der Waals surface area contributed by atoms with Gasteiger partial charge in [-0.2, -0.15) is 0 Å². The molecule has 1 atom stereocenters. The number of nitrogens with zero attached hydrogens (tertiary/aromatic N) is 2. The van der Waals surface area contributed by atoms with E-state index in [1.807, 2.05) is 24.3 Å². The molecule has 3 rings (SSSR count). The molecule has 0 spiro atoms. The fraction of sp³-hybridized carbons (Fsp3) is 0.348. The average Bonchev–Trinajstić information content (AvgIpc) is 2.88. The van der Waals surface area contributed by atoms with Gasteiger partial charge in [0.1, 0.15) is 5.54 Å². The number of urea groups is 1. The predicted molar refractivity (Wildman–Crippen MR) is 128 cm³/mol. The summed E-state index contributed by atoms with van der Waals surface area (Å²) in [6.07, 6.45) is 2.16. The molecule has 0 aliphatic carbocycles. The van der Waals surface area contributed by atoms with Crippen molar-refractivity contribution in [3.05, 3.63) is 62.5 Å². The summed E-state index contributed by atoms with van der Waals surface area (Å²) in [6.45, 7) is 2.10. The predicted octanol–water partition coefficient (Wildman–Crippen LogP) is 6.17. The summed E-state index contributed by atoms with van der Waals surface area (Å²) < 4.78 is 0.922. The molecule has 0 radical (unpaired) electrons. The van der Waals surface area contributed by atoms with Gasteiger partial charge in [-0.3, -0.25) is 9.59 Å². The monoisotopic (exact) mass is 540 g/mol. The number of halogens is 3. The average molecular weight is 542 g/mol. The van der Waals surface area contributed by atoms with Gasteiger partial charge in [0.2, 0.25) is 0 Å². The van der Waals surface area contributed by atoms with E-state index >= 15 is 0 Å². The Kier molecular flexibility index (Phi) is 7.85. The minimum atomic E-state index is -1.10. The first-order chi connectivity index (χ1) is 15.1. The highest BCUT2D eigenvalue weighted by Gasteiger charge is 2.54. The van der Waals surface area contributed by atoms with Crippen LogP contribution in [0.15, 0.2) is 46.9 Å². The molecule has 2 aromatic carbocycles. The summed E-state index contributed by atoms with van der Waals surface area (Å²) >= 11 is 15.7. The van der Waals surface area contributed by atoms with E-state index in [1.54, 1.807) is 30.0 Å². The number of carbonyl (C=O) groups excluding carboxylic acids is 2. The number of imide groups is 1. The van der Waals surface area contributed by atoms with Crippen LogP contribution < -0.4 is 4.90 Å². The molecule has 0 bridgehead atoms. The molecule has 3 amide bonds. The lowest BCUT2D eigenvalue weighted by molar-refractivity contribution is -0.137. The summed E-state index contributed by atoms with van der Waals surface area (Å²) in [6, 6.07) is 11.8. The van der Waals surface area contributed by atoms with Crippen LogP contribution in [0.25, 0.3) is 0 Å². The number of hydrogen-bond donors (Lipinski definition) is 1. The van der Waals surface area contributed by atoms with Gasteiger partial charge in [0, 0.05) is 33.9 Å². The van der Waals surface area contributed by atoms with Crippen molar-refractivity contribution < 1.29 is 19.5 Å². The molecule has 1 aliphatic rings. The van der Waals surface area contributed by atoms with Crippen LogP contribution in [0.1, 0.15) is 38.2 Å². The lowest BCUT2D eigenvalue weighted by Gasteiger charge is -2.32. The SMILES string of the molecule is CC1(Cc2ccc(Br)cc2)C(=O)N(c2cc(Cl)cc(Cl)c2)C(=O)N1CCCCCC(=O)O. The third kappa shape index (κ3) is 5.45. The van der Waals surface area contributed by atoms with Crippen molar-refractivity contribution in [1.29, 1.82) is 0 Å². The Morgan fingerprint density at radius 3 is 2.25 bits per heavy atom. The van der Waals surface area contributed by atoms with Gasteiger partial charge in [-0.15, -0.1) is 0 Å². The number of unbranched alkanes of at least 4 members (excludes halogenated alkanes) is 2. The van der Waals surface area contributed by atoms with Crippen molar-refractivity contribution in [2.75, 3.05) is 11.4 Å². The maximum absolute atomic E-state index is 13.6. The van der Waals surface area contributed by atoms with Gasteiger partial charge in [-0.05, 0) is 55.7 Å². The van der Waals surface area contributed by atoms with Crippen molar-refractivity contribution >= 4 is 62.7 Å². The van der Waals surface area contributed by atoms with E-state index in [9.17, 15) is 14.4 Å². The second-order valence-electron chi connectivity index (χ2n) is 7.98. The molecule has 170 valence electrons. The summed E-state index contributed by atoms with van der Waals surface area (Å²) in [7, 11) is 0. The zero-order valence-corrected chi connectivity index (χ0v) is 20.6. The first-order valence-electron chi connectivity index (χ1n) is 10.2. The third-order valence-electron chi connectivity index (χ3n) is 5.52. The van der Waals surface area contributed by atoms with Crippen LogP contribution in [0.2, 0.25) is 10.0 Å². The van der Waals surface area contributed by atoms with Crippen LogP contribution in [0, 0.1) is 0 Å². The van der Waals surface area contributed by atoms with Gasteiger partial charge < -0.3 is 10.0 Å². The van der Waals surface area contributed by atoms with E-state index in [0.29, 0.717) is 48.0 Å². The first-order valence-corrected chi connectivity index (χ1v) is 11.8. The molecule has 0 aromatic heterocycles. The number of carboxylic acid groups (broad SMARTS) is 1. The van der Waals surface area contributed by atoms with Crippen LogP contribution in [-0.2, 0) is 16.0 Å². The van der Waals surface area contributed by atoms with E-state index in [1.165, 1.54) is 0 Å². The number of anilines is 1. The van der Waals surface area contributed by atoms with Gasteiger partial charge in [0.05, 0.1) is 5.69 Å². The Balaban J connectivity index is 1.90. The Labute approximate surface area is 205 Å². The molecule has 9 heteroatoms. The third-order valence-corrected chi connectivity index (χ3v) is 6.49. The zero-order chi connectivity index (χ0) is 23.5. The van der Waals surface area contributed by atoms with E-state index in [2.05, 4.69) is 15.9 Å². The quantitative estimate of drug-likeness (QED) is 0.304. The highest BCUT2D eigenvalue weighted by atomic mass is 79.9. The number of carbonyl (C=O) groups is 3. The van der Waals surface area contributed by atoms with Gasteiger partial charge in [0.25, 0.3) is 5.91 Å². The maximum atomic E-state index is 13.6. The highest BCUT2D eigenvalue weighted by Crippen LogP contribution is 2.37. The van der Waals surface area contributed by atoms with Gasteiger partial charge >= 0.3 is 12.0 Å². The largest absolute Gasteiger partial charge is 0.481 e. The summed E-state index contributed by atoms with van der Waals surface area (Å²) in [5.41, 5.74) is 0.138. The van der Waals surface area contributed by atoms with E-state index in [0.717, 1.165) is 14.9 Å². The molecule has 1 heterocycles. The number of hydrogen-bond acceptors (Lipinski definition) is 3. The number of rotatable bonds is 9. The molecule has 32 heavy (non-hydrogen) atoms. The van der Waals surface area contributed by atoms with Gasteiger partial charge in [0.15, 0.2) is 0 Å². The number of amides is 3. The van der Waals surface area contributed by atoms with E-state index in [4.69, 9.17) is 28.3 Å². The van der Waals surface area contributed by atoms with Gasteiger partial charge in [-0.25, -0.2) is 9.69 Å². The van der Waals surface area contributed by atoms with E-state index < -0.39 is 17.5 Å². The second-order valence-corrected chi connectivity index (χ2v) is 9.77. The highest BCUT2D eigenvalue weighted by molar-refractivity contribution is 9.10. The molecule has 0 saturated carbocycles. The minimum absolute atomic E-state index is 0.0795. The zero-order valence-electron chi connectivity index (χ0n) is 17.5. The van der Waals surface area contributed by atoms with Crippen LogP contribution in [0.3, 0.4) is 0 Å². The number of aliphatic carboxylic acids is 1. The number of carboxylic acids is 1. The van der Waals surface area contributed by atoms with Crippen molar-refractivity contribution in [1.82, 2.24) is 4.90 Å². The van der Waals surface area contributed by atoms with Gasteiger partial charge in [-0.1, -0.05) is 57.7 Å². The second kappa shape index (κ2) is 10.2. The topological polar surface area (TPSA) is 77.9 Å². The van der Waals surface area contributed by atoms with Crippen molar-refractivity contribution in [2.24, 2.45) is 0 Å². The maximum Gasteiger partial charge on any atom is 0.332 e. The molecule has 2 aromatic rings. The molecule has 1 unspecified atom stereocenters. The molecule has 1 N–H and O–H groups in total. The van der Waals surface area contributed by atoms with Crippen molar-refractivity contribution in [3.8, 4) is 0 Å². The molecular weight excluding hydrogens is 519 g/mol. The fourth-order valence-corrected chi connectivity index (χ4v) is 4.69. The summed E-state index contributed by atoms with van der Waals surface area (Å²) in [5, 5.41) is 9.49. The van der Waals surface area contributed by atoms with Crippen LogP contribution in [0.5, 0.6) is 0 Å². The molecule has 1 aliphatic heterocycles. The number of benzene rings is 2. The fourth-order valence-electron chi connectivity index (χ4n) is 3.91. The Morgan fingerprint density at radius 2 is 1.66 bits per heavy atom. The molecular formula is C23H23BrCl2N2O4. The van der Waals surface area contributed by atoms with Crippen molar-refractivity contribution in [3.63, 3.8) is 0 Å². The minimum Gasteiger partial charge on any atom is -0.481 e. The normalized spacial score (nSPS) is 18.5. The lowest BCUT2D eigenvalue weighted by Crippen LogP contribution is -2.49.